The number of hydrogen-bond acceptors (Lipinski definition) is 3. The highest BCUT2D eigenvalue weighted by Crippen LogP contribution is 2.26. The number of hydrogen-bond donors (Lipinski definition) is 1. The molecule has 6 nitrogen and oxygen atoms in total. The largest absolute Gasteiger partial charge is 0.353 e. The van der Waals surface area contributed by atoms with Crippen LogP contribution in [-0.2, 0) is 17.9 Å². The summed E-state index contributed by atoms with van der Waals surface area (Å²) in [5.41, 5.74) is 0.356. The van der Waals surface area contributed by atoms with E-state index in [2.05, 4.69) is 10.4 Å². The minimum atomic E-state index is -0.426. The van der Waals surface area contributed by atoms with E-state index in [1.165, 1.54) is 23.2 Å². The first-order valence-electron chi connectivity index (χ1n) is 9.95. The smallest absolute Gasteiger partial charge is 0.346 e. The molecular formula is C20H24ClFN4O2. The van der Waals surface area contributed by atoms with Crippen LogP contribution in [0.2, 0.25) is 5.02 Å². The van der Waals surface area contributed by atoms with Gasteiger partial charge in [-0.05, 0) is 43.4 Å². The second-order valence-electron chi connectivity index (χ2n) is 7.72. The van der Waals surface area contributed by atoms with Crippen molar-refractivity contribution in [1.29, 1.82) is 0 Å². The van der Waals surface area contributed by atoms with Gasteiger partial charge in [0.1, 0.15) is 11.6 Å². The summed E-state index contributed by atoms with van der Waals surface area (Å²) in [6.07, 6.45) is 7.00. The van der Waals surface area contributed by atoms with Gasteiger partial charge in [0, 0.05) is 17.6 Å². The number of carbonyl (C=O) groups excluding carboxylic acids is 1. The number of nitrogens with zero attached hydrogens (tertiary/aromatic N) is 3. The zero-order chi connectivity index (χ0) is 19.7. The first kappa shape index (κ1) is 19.2. The van der Waals surface area contributed by atoms with Crippen LogP contribution in [0.3, 0.4) is 0 Å². The Balaban J connectivity index is 1.56. The van der Waals surface area contributed by atoms with Crippen LogP contribution in [0.25, 0.3) is 0 Å². The Labute approximate surface area is 167 Å². The standard InChI is InChI=1S/C20H24ClFN4O2/c21-17-11-14(22)9-8-13(17)12-26-20(28)25-10-4-7-16(18(25)24-26)19(27)23-15-5-2-1-3-6-15/h8-9,11,15-16H,1-7,10,12H2,(H,23,27). The van der Waals surface area contributed by atoms with Crippen molar-refractivity contribution in [3.8, 4) is 0 Å². The van der Waals surface area contributed by atoms with Crippen LogP contribution in [0.5, 0.6) is 0 Å². The lowest BCUT2D eigenvalue weighted by Crippen LogP contribution is -2.41. The molecule has 8 heteroatoms. The molecule has 0 saturated heterocycles. The van der Waals surface area contributed by atoms with Crippen molar-refractivity contribution in [3.63, 3.8) is 0 Å². The molecule has 1 fully saturated rings. The maximum Gasteiger partial charge on any atom is 0.346 e. The number of benzene rings is 1. The molecule has 2 aromatic rings. The van der Waals surface area contributed by atoms with Crippen LogP contribution in [0.4, 0.5) is 4.39 Å². The monoisotopic (exact) mass is 406 g/mol. The molecule has 1 amide bonds. The molecule has 1 aromatic carbocycles. The molecule has 1 aromatic heterocycles. The molecular weight excluding hydrogens is 383 g/mol. The van der Waals surface area contributed by atoms with Gasteiger partial charge < -0.3 is 5.32 Å². The number of carbonyl (C=O) groups is 1. The molecule has 1 atom stereocenters. The number of rotatable bonds is 4. The van der Waals surface area contributed by atoms with Gasteiger partial charge in [-0.2, -0.15) is 5.10 Å². The lowest BCUT2D eigenvalue weighted by molar-refractivity contribution is -0.124. The highest BCUT2D eigenvalue weighted by molar-refractivity contribution is 6.31. The third-order valence-electron chi connectivity index (χ3n) is 5.74. The van der Waals surface area contributed by atoms with Crippen molar-refractivity contribution in [2.24, 2.45) is 0 Å². The van der Waals surface area contributed by atoms with E-state index in [-0.39, 0.29) is 29.2 Å². The van der Waals surface area contributed by atoms with Crippen molar-refractivity contribution >= 4 is 17.5 Å². The molecule has 1 aliphatic heterocycles. The van der Waals surface area contributed by atoms with Gasteiger partial charge in [0.25, 0.3) is 0 Å². The highest BCUT2D eigenvalue weighted by Gasteiger charge is 2.32. The average molecular weight is 407 g/mol. The second kappa shape index (κ2) is 8.07. The summed E-state index contributed by atoms with van der Waals surface area (Å²) in [7, 11) is 0. The van der Waals surface area contributed by atoms with Crippen molar-refractivity contribution < 1.29 is 9.18 Å². The summed E-state index contributed by atoms with van der Waals surface area (Å²) in [6.45, 7) is 0.702. The average Bonchev–Trinajstić information content (AvgIpc) is 3.00. The molecule has 150 valence electrons. The molecule has 1 N–H and O–H groups in total. The van der Waals surface area contributed by atoms with Gasteiger partial charge in [0.15, 0.2) is 0 Å². The zero-order valence-corrected chi connectivity index (χ0v) is 16.4. The Kier molecular flexibility index (Phi) is 5.53. The summed E-state index contributed by atoms with van der Waals surface area (Å²) in [5, 5.41) is 7.87. The van der Waals surface area contributed by atoms with Crippen LogP contribution in [-0.4, -0.2) is 26.3 Å². The Bertz CT molecular complexity index is 933. The quantitative estimate of drug-likeness (QED) is 0.847. The summed E-state index contributed by atoms with van der Waals surface area (Å²) in [5.74, 6) is -0.356. The summed E-state index contributed by atoms with van der Waals surface area (Å²) < 4.78 is 16.2. The minimum Gasteiger partial charge on any atom is -0.353 e. The number of aromatic nitrogens is 3. The third-order valence-corrected chi connectivity index (χ3v) is 6.09. The lowest BCUT2D eigenvalue weighted by Gasteiger charge is -2.27. The fourth-order valence-electron chi connectivity index (χ4n) is 4.22. The third kappa shape index (κ3) is 3.85. The predicted octanol–water partition coefficient (Wildman–Crippen LogP) is 3.21. The van der Waals surface area contributed by atoms with Gasteiger partial charge in [0.2, 0.25) is 5.91 Å². The molecule has 4 rings (SSSR count). The topological polar surface area (TPSA) is 68.9 Å². The minimum absolute atomic E-state index is 0.0372. The molecule has 0 bridgehead atoms. The number of fused-ring (bicyclic) bond motifs is 1. The van der Waals surface area contributed by atoms with Crippen molar-refractivity contribution in [2.45, 2.75) is 70.0 Å². The van der Waals surface area contributed by atoms with Crippen molar-refractivity contribution in [1.82, 2.24) is 19.7 Å². The van der Waals surface area contributed by atoms with Crippen molar-refractivity contribution in [2.75, 3.05) is 0 Å². The Morgan fingerprint density at radius 3 is 2.75 bits per heavy atom. The van der Waals surface area contributed by atoms with Gasteiger partial charge in [-0.1, -0.05) is 36.9 Å². The van der Waals surface area contributed by atoms with E-state index in [0.717, 1.165) is 32.1 Å². The number of nitrogens with one attached hydrogen (secondary N) is 1. The first-order chi connectivity index (χ1) is 13.5. The van der Waals surface area contributed by atoms with Crippen LogP contribution in [0, 0.1) is 5.82 Å². The molecule has 1 unspecified atom stereocenters. The number of amides is 1. The maximum absolute atomic E-state index is 13.3. The van der Waals surface area contributed by atoms with E-state index in [1.807, 2.05) is 0 Å². The maximum atomic E-state index is 13.3. The Morgan fingerprint density at radius 1 is 1.21 bits per heavy atom. The first-order valence-corrected chi connectivity index (χ1v) is 10.3. The number of halogens is 2. The van der Waals surface area contributed by atoms with Crippen LogP contribution < -0.4 is 11.0 Å². The van der Waals surface area contributed by atoms with E-state index >= 15 is 0 Å². The molecule has 1 aliphatic carbocycles. The fraction of sp³-hybridized carbons (Fsp3) is 0.550. The van der Waals surface area contributed by atoms with Crippen LogP contribution in [0.15, 0.2) is 23.0 Å². The Morgan fingerprint density at radius 2 is 2.00 bits per heavy atom. The van der Waals surface area contributed by atoms with E-state index in [1.54, 1.807) is 10.6 Å². The molecule has 1 saturated carbocycles. The molecule has 28 heavy (non-hydrogen) atoms. The van der Waals surface area contributed by atoms with Gasteiger partial charge in [0.05, 0.1) is 12.5 Å². The predicted molar refractivity (Wildman–Crippen MR) is 104 cm³/mol. The summed E-state index contributed by atoms with van der Waals surface area (Å²) >= 11 is 6.09. The van der Waals surface area contributed by atoms with Crippen molar-refractivity contribution in [3.05, 3.63) is 50.9 Å². The van der Waals surface area contributed by atoms with Crippen LogP contribution >= 0.6 is 11.6 Å². The normalized spacial score (nSPS) is 20.0. The fourth-order valence-corrected chi connectivity index (χ4v) is 4.45. The van der Waals surface area contributed by atoms with Gasteiger partial charge in [-0.3, -0.25) is 9.36 Å². The summed E-state index contributed by atoms with van der Waals surface area (Å²) in [4.78, 5) is 25.6. The summed E-state index contributed by atoms with van der Waals surface area (Å²) in [6, 6.07) is 4.31. The van der Waals surface area contributed by atoms with Crippen LogP contribution in [0.1, 0.15) is 62.3 Å². The Hall–Kier alpha value is -2.15. The second-order valence-corrected chi connectivity index (χ2v) is 8.13. The molecule has 0 radical (unpaired) electrons. The lowest BCUT2D eigenvalue weighted by atomic mass is 9.93. The van der Waals surface area contributed by atoms with Gasteiger partial charge in [-0.15, -0.1) is 0 Å². The van der Waals surface area contributed by atoms with E-state index in [0.29, 0.717) is 24.4 Å². The van der Waals surface area contributed by atoms with E-state index in [9.17, 15) is 14.0 Å². The van der Waals surface area contributed by atoms with E-state index < -0.39 is 11.7 Å². The van der Waals surface area contributed by atoms with E-state index in [4.69, 9.17) is 11.6 Å². The zero-order valence-electron chi connectivity index (χ0n) is 15.7. The highest BCUT2D eigenvalue weighted by atomic mass is 35.5. The SMILES string of the molecule is O=C(NC1CCCCC1)C1CCCn2c1nn(Cc1ccc(F)cc1Cl)c2=O. The van der Waals surface area contributed by atoms with Gasteiger partial charge in [-0.25, -0.2) is 13.9 Å². The molecule has 2 heterocycles. The van der Waals surface area contributed by atoms with Gasteiger partial charge >= 0.3 is 5.69 Å². The molecule has 2 aliphatic rings. The molecule has 0 spiro atoms.